The van der Waals surface area contributed by atoms with Gasteiger partial charge < -0.3 is 4.90 Å². The lowest BCUT2D eigenvalue weighted by Crippen LogP contribution is -2.27. The first kappa shape index (κ1) is 20.1. The predicted octanol–water partition coefficient (Wildman–Crippen LogP) is 6.49. The molecule has 1 aliphatic carbocycles. The van der Waals surface area contributed by atoms with Gasteiger partial charge in [0.1, 0.15) is 0 Å². The highest BCUT2D eigenvalue weighted by atomic mass is 16.1. The van der Waals surface area contributed by atoms with Gasteiger partial charge >= 0.3 is 0 Å². The Morgan fingerprint density at radius 2 is 1.43 bits per heavy atom. The van der Waals surface area contributed by atoms with E-state index in [-0.39, 0.29) is 16.6 Å². The second-order valence-electron chi connectivity index (χ2n) is 9.68. The fourth-order valence-electron chi connectivity index (χ4n) is 3.58. The molecule has 0 atom stereocenters. The number of rotatable bonds is 1. The van der Waals surface area contributed by atoms with Crippen LogP contribution in [-0.4, -0.2) is 12.8 Å². The average Bonchev–Trinajstić information content (AvgIpc) is 2.60. The van der Waals surface area contributed by atoms with Crippen LogP contribution in [0.4, 0.5) is 5.69 Å². The van der Waals surface area contributed by atoms with Gasteiger partial charge in [0.15, 0.2) is 5.78 Å². The van der Waals surface area contributed by atoms with Gasteiger partial charge in [0.05, 0.1) is 0 Å². The van der Waals surface area contributed by atoms with E-state index in [4.69, 9.17) is 0 Å². The Morgan fingerprint density at radius 1 is 0.857 bits per heavy atom. The van der Waals surface area contributed by atoms with E-state index in [9.17, 15) is 4.79 Å². The van der Waals surface area contributed by atoms with E-state index in [2.05, 4.69) is 114 Å². The van der Waals surface area contributed by atoms with E-state index in [1.807, 2.05) is 0 Å². The lowest BCUT2D eigenvalue weighted by Gasteiger charge is -2.31. The van der Waals surface area contributed by atoms with Crippen molar-refractivity contribution in [2.75, 3.05) is 11.9 Å². The van der Waals surface area contributed by atoms with Crippen molar-refractivity contribution in [2.45, 2.75) is 41.5 Å². The Bertz CT molecular complexity index is 917. The molecule has 28 heavy (non-hydrogen) atoms. The van der Waals surface area contributed by atoms with Gasteiger partial charge in [-0.1, -0.05) is 71.9 Å². The summed E-state index contributed by atoms with van der Waals surface area (Å²) in [7, 11) is 2.06. The fourth-order valence-corrected chi connectivity index (χ4v) is 3.58. The molecule has 0 radical (unpaired) electrons. The lowest BCUT2D eigenvalue weighted by atomic mass is 9.72. The Morgan fingerprint density at radius 3 is 2.00 bits per heavy atom. The van der Waals surface area contributed by atoms with Crippen LogP contribution >= 0.6 is 0 Å². The number of carbonyl (C=O) groups is 1. The minimum Gasteiger partial charge on any atom is -0.351 e. The van der Waals surface area contributed by atoms with Gasteiger partial charge in [0.25, 0.3) is 0 Å². The summed E-state index contributed by atoms with van der Waals surface area (Å²) in [4.78, 5) is 15.2. The highest BCUT2D eigenvalue weighted by Gasteiger charge is 2.33. The van der Waals surface area contributed by atoms with Crippen LogP contribution in [0.1, 0.15) is 47.1 Å². The molecule has 146 valence electrons. The normalized spacial score (nSPS) is 18.8. The summed E-state index contributed by atoms with van der Waals surface area (Å²) in [5, 5.41) is 0. The van der Waals surface area contributed by atoms with Crippen LogP contribution in [-0.2, 0) is 4.79 Å². The second-order valence-corrected chi connectivity index (χ2v) is 9.68. The van der Waals surface area contributed by atoms with E-state index < -0.39 is 0 Å². The van der Waals surface area contributed by atoms with E-state index >= 15 is 0 Å². The predicted molar refractivity (Wildman–Crippen MR) is 120 cm³/mol. The molecule has 0 amide bonds. The molecule has 0 fully saturated rings. The summed E-state index contributed by atoms with van der Waals surface area (Å²) in [5.74, 6) is 0.175. The van der Waals surface area contributed by atoms with Gasteiger partial charge in [-0.15, -0.1) is 0 Å². The zero-order valence-electron chi connectivity index (χ0n) is 18.1. The van der Waals surface area contributed by atoms with Crippen molar-refractivity contribution in [1.82, 2.24) is 0 Å². The van der Waals surface area contributed by atoms with Crippen LogP contribution in [0.15, 0.2) is 77.6 Å². The Balaban J connectivity index is 2.08. The lowest BCUT2D eigenvalue weighted by molar-refractivity contribution is -0.114. The summed E-state index contributed by atoms with van der Waals surface area (Å²) in [6.45, 7) is 12.6. The number of ketones is 1. The molecule has 0 saturated carbocycles. The number of hydrogen-bond acceptors (Lipinski definition) is 2. The van der Waals surface area contributed by atoms with E-state index in [1.54, 1.807) is 0 Å². The Hall–Kier alpha value is -2.61. The highest BCUT2D eigenvalue weighted by molar-refractivity contribution is 6.11. The standard InChI is InChI=1S/C26H31NO/c1-25(2,3)21-16-18(17-22(24(21)28)26(4,5)6)12-13-19-14-15-27(7)23-11-9-8-10-20(19)23/h8-17H,1-7H3. The van der Waals surface area contributed by atoms with Crippen molar-refractivity contribution in [3.05, 3.63) is 83.1 Å². The third-order valence-corrected chi connectivity index (χ3v) is 5.26. The summed E-state index contributed by atoms with van der Waals surface area (Å²) in [6, 6.07) is 8.42. The van der Waals surface area contributed by atoms with Crippen LogP contribution in [0.2, 0.25) is 0 Å². The van der Waals surface area contributed by atoms with Crippen molar-refractivity contribution >= 4 is 17.0 Å². The molecule has 0 saturated heterocycles. The summed E-state index contributed by atoms with van der Waals surface area (Å²) >= 11 is 0. The molecule has 2 heteroatoms. The van der Waals surface area contributed by atoms with Gasteiger partial charge in [0, 0.05) is 35.6 Å². The highest BCUT2D eigenvalue weighted by Crippen LogP contribution is 2.39. The molecule has 1 aliphatic heterocycles. The van der Waals surface area contributed by atoms with Crippen LogP contribution in [0.3, 0.4) is 0 Å². The van der Waals surface area contributed by atoms with Crippen molar-refractivity contribution in [3.63, 3.8) is 0 Å². The number of fused-ring (bicyclic) bond motifs is 1. The van der Waals surface area contributed by atoms with Gasteiger partial charge in [-0.05, 0) is 46.3 Å². The SMILES string of the molecule is CN1C=CC(=CC=C2C=C(C(C)(C)C)C(=O)C(C(C)(C)C)=C2)c2ccccc21. The van der Waals surface area contributed by atoms with Crippen LogP contribution in [0.5, 0.6) is 0 Å². The number of anilines is 1. The summed E-state index contributed by atoms with van der Waals surface area (Å²) < 4.78 is 0. The minimum absolute atomic E-state index is 0.175. The zero-order valence-corrected chi connectivity index (χ0v) is 18.1. The van der Waals surface area contributed by atoms with Crippen molar-refractivity contribution in [2.24, 2.45) is 10.8 Å². The summed E-state index contributed by atoms with van der Waals surface area (Å²) in [5.41, 5.74) is 6.05. The van der Waals surface area contributed by atoms with Crippen LogP contribution < -0.4 is 4.90 Å². The number of hydrogen-bond donors (Lipinski definition) is 0. The first-order chi connectivity index (χ1) is 13.0. The maximum atomic E-state index is 13.1. The number of nitrogens with zero attached hydrogens (tertiary/aromatic N) is 1. The van der Waals surface area contributed by atoms with E-state index in [0.29, 0.717) is 0 Å². The third-order valence-electron chi connectivity index (χ3n) is 5.26. The van der Waals surface area contributed by atoms with Gasteiger partial charge in [0.2, 0.25) is 0 Å². The molecule has 1 heterocycles. The Kier molecular flexibility index (Phi) is 5.10. The van der Waals surface area contributed by atoms with Crippen LogP contribution in [0, 0.1) is 10.8 Å². The maximum Gasteiger partial charge on any atom is 0.186 e. The summed E-state index contributed by atoms with van der Waals surface area (Å²) in [6.07, 6.45) is 12.6. The molecule has 3 rings (SSSR count). The quantitative estimate of drug-likeness (QED) is 0.561. The number of carbonyl (C=O) groups excluding carboxylic acids is 1. The third kappa shape index (κ3) is 3.96. The molecule has 0 bridgehead atoms. The molecule has 2 aliphatic rings. The van der Waals surface area contributed by atoms with Crippen molar-refractivity contribution in [3.8, 4) is 0 Å². The molecule has 1 aromatic carbocycles. The van der Waals surface area contributed by atoms with Gasteiger partial charge in [-0.2, -0.15) is 0 Å². The molecular weight excluding hydrogens is 342 g/mol. The number of benzene rings is 1. The molecule has 0 spiro atoms. The second kappa shape index (κ2) is 7.09. The van der Waals surface area contributed by atoms with Crippen LogP contribution in [0.25, 0.3) is 5.57 Å². The topological polar surface area (TPSA) is 20.3 Å². The van der Waals surface area contributed by atoms with E-state index in [0.717, 1.165) is 16.7 Å². The molecular formula is C26H31NO. The fraction of sp³-hybridized carbons (Fsp3) is 0.346. The largest absolute Gasteiger partial charge is 0.351 e. The smallest absolute Gasteiger partial charge is 0.186 e. The van der Waals surface area contributed by atoms with Crippen molar-refractivity contribution in [1.29, 1.82) is 0 Å². The minimum atomic E-state index is -0.186. The van der Waals surface area contributed by atoms with Gasteiger partial charge in [-0.3, -0.25) is 4.79 Å². The molecule has 1 aromatic rings. The molecule has 0 unspecified atom stereocenters. The molecule has 2 nitrogen and oxygen atoms in total. The molecule has 0 aromatic heterocycles. The van der Waals surface area contributed by atoms with E-state index in [1.165, 1.54) is 16.8 Å². The van der Waals surface area contributed by atoms with Crippen molar-refractivity contribution < 1.29 is 4.79 Å². The first-order valence-electron chi connectivity index (χ1n) is 9.90. The van der Waals surface area contributed by atoms with Gasteiger partial charge in [-0.25, -0.2) is 0 Å². The number of Topliss-reactive ketones (excluding diaryl/α,β-unsaturated/α-hetero) is 1. The number of allylic oxidation sites excluding steroid dienone is 9. The average molecular weight is 374 g/mol. The molecule has 0 N–H and O–H groups in total. The maximum absolute atomic E-state index is 13.1. The zero-order chi connectivity index (χ0) is 20.7. The first-order valence-corrected chi connectivity index (χ1v) is 9.90. The number of para-hydroxylation sites is 1. The monoisotopic (exact) mass is 373 g/mol. The Labute approximate surface area is 169 Å².